The van der Waals surface area contributed by atoms with E-state index in [1.807, 2.05) is 42.5 Å². The summed E-state index contributed by atoms with van der Waals surface area (Å²) in [4.78, 5) is 0. The molecular formula is C26H17N3O. The van der Waals surface area contributed by atoms with Crippen molar-refractivity contribution in [1.82, 2.24) is 14.8 Å². The van der Waals surface area contributed by atoms with Gasteiger partial charge in [0, 0.05) is 27.6 Å². The van der Waals surface area contributed by atoms with Gasteiger partial charge in [0.2, 0.25) is 11.8 Å². The second kappa shape index (κ2) is 6.71. The molecule has 0 spiro atoms. The molecule has 4 heteroatoms. The van der Waals surface area contributed by atoms with Gasteiger partial charge in [-0.15, -0.1) is 10.2 Å². The van der Waals surface area contributed by atoms with Crippen LogP contribution in [0.5, 0.6) is 0 Å². The Hall–Kier alpha value is -4.18. The lowest BCUT2D eigenvalue weighted by Crippen LogP contribution is -1.93. The fourth-order valence-electron chi connectivity index (χ4n) is 3.99. The average Bonchev–Trinajstić information content (AvgIpc) is 3.43. The summed E-state index contributed by atoms with van der Waals surface area (Å²) in [5.41, 5.74) is 5.29. The molecule has 0 aliphatic carbocycles. The quantitative estimate of drug-likeness (QED) is 0.348. The van der Waals surface area contributed by atoms with Gasteiger partial charge in [-0.3, -0.25) is 0 Å². The Bertz CT molecular complexity index is 1420. The third kappa shape index (κ3) is 2.62. The fraction of sp³-hybridized carbons (Fsp3) is 0. The van der Waals surface area contributed by atoms with Crippen molar-refractivity contribution >= 4 is 21.8 Å². The maximum atomic E-state index is 5.90. The molecule has 0 saturated carbocycles. The zero-order chi connectivity index (χ0) is 19.9. The number of fused-ring (bicyclic) bond motifs is 3. The van der Waals surface area contributed by atoms with E-state index >= 15 is 0 Å². The van der Waals surface area contributed by atoms with Crippen LogP contribution < -0.4 is 0 Å². The highest BCUT2D eigenvalue weighted by atomic mass is 16.4. The molecule has 4 nitrogen and oxygen atoms in total. The third-order valence-electron chi connectivity index (χ3n) is 5.40. The van der Waals surface area contributed by atoms with Crippen LogP contribution in [0.25, 0.3) is 50.4 Å². The topological polar surface area (TPSA) is 43.9 Å². The molecule has 0 aliphatic heterocycles. The Kier molecular flexibility index (Phi) is 3.74. The molecule has 0 bridgehead atoms. The summed E-state index contributed by atoms with van der Waals surface area (Å²) < 4.78 is 8.19. The van der Waals surface area contributed by atoms with Crippen molar-refractivity contribution in [3.05, 3.63) is 103 Å². The van der Waals surface area contributed by atoms with Gasteiger partial charge in [-0.25, -0.2) is 0 Å². The van der Waals surface area contributed by atoms with Crippen molar-refractivity contribution in [1.29, 1.82) is 0 Å². The second-order valence-corrected chi connectivity index (χ2v) is 7.19. The number of rotatable bonds is 3. The first-order valence-corrected chi connectivity index (χ1v) is 9.86. The summed E-state index contributed by atoms with van der Waals surface area (Å²) in [5, 5.41) is 10.9. The van der Waals surface area contributed by atoms with Gasteiger partial charge in [0.15, 0.2) is 0 Å². The summed E-state index contributed by atoms with van der Waals surface area (Å²) in [6.45, 7) is 0. The molecule has 4 aromatic carbocycles. The minimum Gasteiger partial charge on any atom is -0.416 e. The molecule has 6 aromatic rings. The van der Waals surface area contributed by atoms with Gasteiger partial charge in [-0.2, -0.15) is 0 Å². The van der Waals surface area contributed by atoms with Gasteiger partial charge in [0.25, 0.3) is 0 Å². The Morgan fingerprint density at radius 3 is 1.60 bits per heavy atom. The maximum Gasteiger partial charge on any atom is 0.248 e. The van der Waals surface area contributed by atoms with E-state index in [1.165, 1.54) is 21.8 Å². The van der Waals surface area contributed by atoms with E-state index in [1.54, 1.807) is 0 Å². The van der Waals surface area contributed by atoms with Gasteiger partial charge in [0.05, 0.1) is 11.0 Å². The highest BCUT2D eigenvalue weighted by Gasteiger charge is 2.13. The van der Waals surface area contributed by atoms with Gasteiger partial charge in [-0.05, 0) is 48.5 Å². The molecule has 0 saturated heterocycles. The molecule has 142 valence electrons. The SMILES string of the molecule is c1ccc(-c2nnc(-c3ccc(-n4c5ccccc5c5ccccc54)cc3)o2)cc1. The number of aromatic nitrogens is 3. The second-order valence-electron chi connectivity index (χ2n) is 7.19. The molecule has 30 heavy (non-hydrogen) atoms. The van der Waals surface area contributed by atoms with Crippen LogP contribution in [0.1, 0.15) is 0 Å². The zero-order valence-electron chi connectivity index (χ0n) is 16.1. The van der Waals surface area contributed by atoms with Crippen molar-refractivity contribution in [2.75, 3.05) is 0 Å². The first kappa shape index (κ1) is 16.7. The molecule has 0 radical (unpaired) electrons. The third-order valence-corrected chi connectivity index (χ3v) is 5.40. The van der Waals surface area contributed by atoms with Crippen LogP contribution in [0.15, 0.2) is 108 Å². The number of para-hydroxylation sites is 2. The highest BCUT2D eigenvalue weighted by molar-refractivity contribution is 6.09. The summed E-state index contributed by atoms with van der Waals surface area (Å²) in [7, 11) is 0. The predicted octanol–water partition coefficient (Wildman–Crippen LogP) is 6.50. The lowest BCUT2D eigenvalue weighted by Gasteiger charge is -2.08. The Morgan fingerprint density at radius 2 is 1.00 bits per heavy atom. The van der Waals surface area contributed by atoms with Crippen molar-refractivity contribution in [3.8, 4) is 28.6 Å². The molecule has 0 aliphatic rings. The number of hydrogen-bond donors (Lipinski definition) is 0. The van der Waals surface area contributed by atoms with E-state index in [4.69, 9.17) is 4.42 Å². The molecule has 0 N–H and O–H groups in total. The van der Waals surface area contributed by atoms with E-state index in [0.29, 0.717) is 11.8 Å². The number of hydrogen-bond acceptors (Lipinski definition) is 3. The Morgan fingerprint density at radius 1 is 0.500 bits per heavy atom. The Labute approximate surface area is 173 Å². The molecule has 0 fully saturated rings. The first-order valence-electron chi connectivity index (χ1n) is 9.86. The molecule has 0 unspecified atom stereocenters. The molecule has 0 atom stereocenters. The van der Waals surface area contributed by atoms with Gasteiger partial charge in [-0.1, -0.05) is 54.6 Å². The fourth-order valence-corrected chi connectivity index (χ4v) is 3.99. The molecule has 6 rings (SSSR count). The molecule has 0 amide bonds. The maximum absolute atomic E-state index is 5.90. The van der Waals surface area contributed by atoms with E-state index in [-0.39, 0.29) is 0 Å². The van der Waals surface area contributed by atoms with Crippen LogP contribution in [0.4, 0.5) is 0 Å². The number of benzene rings is 4. The van der Waals surface area contributed by atoms with Crippen molar-refractivity contribution < 1.29 is 4.42 Å². The summed E-state index contributed by atoms with van der Waals surface area (Å²) in [6.07, 6.45) is 0. The van der Waals surface area contributed by atoms with Gasteiger partial charge < -0.3 is 8.98 Å². The smallest absolute Gasteiger partial charge is 0.248 e. The van der Waals surface area contributed by atoms with Crippen molar-refractivity contribution in [2.24, 2.45) is 0 Å². The van der Waals surface area contributed by atoms with Crippen LogP contribution in [-0.2, 0) is 0 Å². The average molecular weight is 387 g/mol. The van der Waals surface area contributed by atoms with E-state index in [2.05, 4.69) is 75.4 Å². The summed E-state index contributed by atoms with van der Waals surface area (Å²) >= 11 is 0. The van der Waals surface area contributed by atoms with Gasteiger partial charge in [0.1, 0.15) is 0 Å². The monoisotopic (exact) mass is 387 g/mol. The summed E-state index contributed by atoms with van der Waals surface area (Å²) in [5.74, 6) is 1.04. The van der Waals surface area contributed by atoms with Crippen molar-refractivity contribution in [2.45, 2.75) is 0 Å². The minimum atomic E-state index is 0.516. The lowest BCUT2D eigenvalue weighted by atomic mass is 10.2. The first-order chi connectivity index (χ1) is 14.9. The lowest BCUT2D eigenvalue weighted by molar-refractivity contribution is 0.584. The number of nitrogens with zero attached hydrogens (tertiary/aromatic N) is 3. The van der Waals surface area contributed by atoms with E-state index < -0.39 is 0 Å². The van der Waals surface area contributed by atoms with Crippen LogP contribution in [-0.4, -0.2) is 14.8 Å². The standard InChI is InChI=1S/C26H17N3O/c1-2-8-18(9-3-1)25-27-28-26(30-25)19-14-16-20(17-15-19)29-23-12-6-4-10-21(23)22-11-5-7-13-24(22)29/h1-17H. The van der Waals surface area contributed by atoms with Crippen LogP contribution in [0, 0.1) is 0 Å². The molecule has 2 heterocycles. The van der Waals surface area contributed by atoms with Crippen LogP contribution >= 0.6 is 0 Å². The van der Waals surface area contributed by atoms with Gasteiger partial charge >= 0.3 is 0 Å². The summed E-state index contributed by atoms with van der Waals surface area (Å²) in [6, 6.07) is 35.1. The zero-order valence-corrected chi connectivity index (χ0v) is 16.1. The van der Waals surface area contributed by atoms with Crippen LogP contribution in [0.2, 0.25) is 0 Å². The highest BCUT2D eigenvalue weighted by Crippen LogP contribution is 2.32. The minimum absolute atomic E-state index is 0.516. The predicted molar refractivity (Wildman–Crippen MR) is 120 cm³/mol. The van der Waals surface area contributed by atoms with E-state index in [9.17, 15) is 0 Å². The largest absolute Gasteiger partial charge is 0.416 e. The van der Waals surface area contributed by atoms with E-state index in [0.717, 1.165) is 16.8 Å². The van der Waals surface area contributed by atoms with Crippen molar-refractivity contribution in [3.63, 3.8) is 0 Å². The normalized spacial score (nSPS) is 11.3. The molecule has 2 aromatic heterocycles. The molecular weight excluding hydrogens is 370 g/mol. The van der Waals surface area contributed by atoms with Crippen LogP contribution in [0.3, 0.4) is 0 Å². The Balaban J connectivity index is 1.43.